The Bertz CT molecular complexity index is 741. The summed E-state index contributed by atoms with van der Waals surface area (Å²) >= 11 is 11.7. The first-order chi connectivity index (χ1) is 9.38. The Morgan fingerprint density at radius 3 is 2.60 bits per heavy atom. The van der Waals surface area contributed by atoms with Crippen LogP contribution in [-0.2, 0) is 0 Å². The smallest absolute Gasteiger partial charge is 0.264 e. The van der Waals surface area contributed by atoms with E-state index in [0.717, 1.165) is 0 Å². The van der Waals surface area contributed by atoms with Gasteiger partial charge in [0.2, 0.25) is 0 Å². The van der Waals surface area contributed by atoms with Crippen molar-refractivity contribution in [1.29, 1.82) is 0 Å². The average molecular weight is 312 g/mol. The zero-order valence-corrected chi connectivity index (χ0v) is 12.3. The van der Waals surface area contributed by atoms with Gasteiger partial charge in [-0.05, 0) is 32.0 Å². The first kappa shape index (κ1) is 14.6. The van der Waals surface area contributed by atoms with Gasteiger partial charge in [0, 0.05) is 5.02 Å². The average Bonchev–Trinajstić information content (AvgIpc) is 2.31. The highest BCUT2D eigenvalue weighted by molar-refractivity contribution is 6.36. The maximum Gasteiger partial charge on any atom is 0.264 e. The van der Waals surface area contributed by atoms with Gasteiger partial charge >= 0.3 is 0 Å². The first-order valence-corrected chi connectivity index (χ1v) is 6.48. The lowest BCUT2D eigenvalue weighted by Gasteiger charge is -2.08. The molecule has 0 radical (unpaired) electrons. The summed E-state index contributed by atoms with van der Waals surface area (Å²) in [4.78, 5) is 30.5. The minimum atomic E-state index is -0.569. The summed E-state index contributed by atoms with van der Waals surface area (Å²) in [6.45, 7) is 3.24. The van der Waals surface area contributed by atoms with Crippen LogP contribution in [0, 0.1) is 13.8 Å². The van der Waals surface area contributed by atoms with Crippen LogP contribution in [-0.4, -0.2) is 15.9 Å². The molecule has 1 amide bonds. The summed E-state index contributed by atoms with van der Waals surface area (Å²) in [5.41, 5.74) is 0.202. The number of aromatic amines is 1. The maximum absolute atomic E-state index is 12.1. The number of nitrogens with one attached hydrogen (secondary N) is 2. The summed E-state index contributed by atoms with van der Waals surface area (Å²) < 4.78 is 0. The molecular formula is C13H11Cl2N3O2. The Balaban J connectivity index is 2.36. The van der Waals surface area contributed by atoms with Gasteiger partial charge in [0.25, 0.3) is 11.5 Å². The van der Waals surface area contributed by atoms with E-state index in [1.807, 2.05) is 0 Å². The highest BCUT2D eigenvalue weighted by Crippen LogP contribution is 2.25. The third kappa shape index (κ3) is 3.00. The maximum atomic E-state index is 12.1. The molecule has 2 N–H and O–H groups in total. The highest BCUT2D eigenvalue weighted by Gasteiger charge is 2.16. The van der Waals surface area contributed by atoms with E-state index in [0.29, 0.717) is 27.3 Å². The molecule has 0 spiro atoms. The van der Waals surface area contributed by atoms with Crippen LogP contribution in [0.1, 0.15) is 21.9 Å². The number of benzene rings is 1. The Kier molecular flexibility index (Phi) is 4.11. The molecule has 104 valence electrons. The van der Waals surface area contributed by atoms with Crippen LogP contribution in [0.2, 0.25) is 10.0 Å². The van der Waals surface area contributed by atoms with Crippen LogP contribution >= 0.6 is 23.2 Å². The van der Waals surface area contributed by atoms with Crippen molar-refractivity contribution in [3.8, 4) is 0 Å². The molecule has 2 aromatic rings. The van der Waals surface area contributed by atoms with Gasteiger partial charge in [-0.25, -0.2) is 4.98 Å². The van der Waals surface area contributed by atoms with Gasteiger partial charge in [0.15, 0.2) is 0 Å². The summed E-state index contributed by atoms with van der Waals surface area (Å²) in [6.07, 6.45) is 0. The molecule has 0 bridgehead atoms. The number of halogens is 2. The van der Waals surface area contributed by atoms with Crippen molar-refractivity contribution in [3.05, 3.63) is 55.7 Å². The van der Waals surface area contributed by atoms with E-state index in [-0.39, 0.29) is 5.56 Å². The number of hydrogen-bond acceptors (Lipinski definition) is 3. The molecule has 1 aromatic heterocycles. The Morgan fingerprint density at radius 1 is 1.30 bits per heavy atom. The van der Waals surface area contributed by atoms with Gasteiger partial charge < -0.3 is 10.3 Å². The normalized spacial score (nSPS) is 10.4. The van der Waals surface area contributed by atoms with E-state index in [9.17, 15) is 9.59 Å². The predicted molar refractivity (Wildman–Crippen MR) is 78.7 cm³/mol. The fourth-order valence-electron chi connectivity index (χ4n) is 1.77. The van der Waals surface area contributed by atoms with Crippen molar-refractivity contribution in [2.24, 2.45) is 0 Å². The van der Waals surface area contributed by atoms with E-state index in [2.05, 4.69) is 15.3 Å². The van der Waals surface area contributed by atoms with E-state index < -0.39 is 11.5 Å². The van der Waals surface area contributed by atoms with E-state index in [1.54, 1.807) is 26.0 Å². The third-order valence-electron chi connectivity index (χ3n) is 2.63. The van der Waals surface area contributed by atoms with Crippen LogP contribution in [0.5, 0.6) is 0 Å². The second-order valence-corrected chi connectivity index (χ2v) is 5.03. The molecule has 0 atom stereocenters. The van der Waals surface area contributed by atoms with Gasteiger partial charge in [0.1, 0.15) is 11.4 Å². The number of rotatable bonds is 2. The summed E-state index contributed by atoms with van der Waals surface area (Å²) in [5, 5.41) is 3.31. The molecule has 0 unspecified atom stereocenters. The first-order valence-electron chi connectivity index (χ1n) is 5.72. The lowest BCUT2D eigenvalue weighted by molar-refractivity contribution is 0.102. The number of H-pyrrole nitrogens is 1. The quantitative estimate of drug-likeness (QED) is 0.895. The minimum Gasteiger partial charge on any atom is -0.320 e. The minimum absolute atomic E-state index is 0.0402. The second-order valence-electron chi connectivity index (χ2n) is 4.19. The van der Waals surface area contributed by atoms with Crippen molar-refractivity contribution >= 4 is 34.8 Å². The number of carbonyl (C=O) groups is 1. The van der Waals surface area contributed by atoms with E-state index in [4.69, 9.17) is 23.2 Å². The fraction of sp³-hybridized carbons (Fsp3) is 0.154. The van der Waals surface area contributed by atoms with Crippen molar-refractivity contribution in [2.45, 2.75) is 13.8 Å². The molecule has 2 rings (SSSR count). The molecule has 0 aliphatic carbocycles. The molecule has 20 heavy (non-hydrogen) atoms. The molecule has 1 aromatic carbocycles. The van der Waals surface area contributed by atoms with E-state index >= 15 is 0 Å². The molecule has 0 saturated heterocycles. The Morgan fingerprint density at radius 2 is 2.00 bits per heavy atom. The van der Waals surface area contributed by atoms with Crippen LogP contribution < -0.4 is 10.9 Å². The number of hydrogen-bond donors (Lipinski definition) is 2. The highest BCUT2D eigenvalue weighted by atomic mass is 35.5. The Hall–Kier alpha value is -1.85. The molecule has 0 saturated carbocycles. The van der Waals surface area contributed by atoms with Crippen molar-refractivity contribution < 1.29 is 4.79 Å². The van der Waals surface area contributed by atoms with Gasteiger partial charge in [-0.1, -0.05) is 23.2 Å². The largest absolute Gasteiger partial charge is 0.320 e. The molecule has 0 aliphatic rings. The zero-order valence-electron chi connectivity index (χ0n) is 10.8. The van der Waals surface area contributed by atoms with Gasteiger partial charge in [-0.15, -0.1) is 0 Å². The molecule has 0 aliphatic heterocycles. The standard InChI is InChI=1S/C13H11Cl2N3O2/c1-6-11(12(19)17-7(2)16-6)13(20)18-10-4-3-8(14)5-9(10)15/h3-5H,1-2H3,(H,18,20)(H,16,17,19). The second kappa shape index (κ2) is 5.64. The molecule has 1 heterocycles. The molecule has 7 heteroatoms. The fourth-order valence-corrected chi connectivity index (χ4v) is 2.23. The van der Waals surface area contributed by atoms with Crippen LogP contribution in [0.25, 0.3) is 0 Å². The number of carbonyl (C=O) groups excluding carboxylic acids is 1. The lowest BCUT2D eigenvalue weighted by Crippen LogP contribution is -2.26. The topological polar surface area (TPSA) is 74.8 Å². The number of anilines is 1. The number of amides is 1. The van der Waals surface area contributed by atoms with Crippen molar-refractivity contribution in [3.63, 3.8) is 0 Å². The summed E-state index contributed by atoms with van der Waals surface area (Å²) in [6, 6.07) is 4.66. The molecular weight excluding hydrogens is 301 g/mol. The monoisotopic (exact) mass is 311 g/mol. The third-order valence-corrected chi connectivity index (χ3v) is 3.17. The predicted octanol–water partition coefficient (Wildman–Crippen LogP) is 2.95. The van der Waals surface area contributed by atoms with Crippen LogP contribution in [0.4, 0.5) is 5.69 Å². The lowest BCUT2D eigenvalue weighted by atomic mass is 10.2. The number of aryl methyl sites for hydroxylation is 2. The van der Waals surface area contributed by atoms with Gasteiger partial charge in [-0.3, -0.25) is 9.59 Å². The summed E-state index contributed by atoms with van der Waals surface area (Å²) in [7, 11) is 0. The number of aromatic nitrogens is 2. The van der Waals surface area contributed by atoms with E-state index in [1.165, 1.54) is 6.07 Å². The van der Waals surface area contributed by atoms with Crippen LogP contribution in [0.3, 0.4) is 0 Å². The SMILES string of the molecule is Cc1nc(C)c(C(=O)Nc2ccc(Cl)cc2Cl)c(=O)[nH]1. The molecule has 0 fully saturated rings. The van der Waals surface area contributed by atoms with Gasteiger partial charge in [0.05, 0.1) is 16.4 Å². The van der Waals surface area contributed by atoms with Crippen LogP contribution in [0.15, 0.2) is 23.0 Å². The Labute approximate surface area is 125 Å². The number of nitrogens with zero attached hydrogens (tertiary/aromatic N) is 1. The van der Waals surface area contributed by atoms with Crippen molar-refractivity contribution in [1.82, 2.24) is 9.97 Å². The zero-order chi connectivity index (χ0) is 14.9. The van der Waals surface area contributed by atoms with Crippen molar-refractivity contribution in [2.75, 3.05) is 5.32 Å². The van der Waals surface area contributed by atoms with Gasteiger partial charge in [-0.2, -0.15) is 0 Å². The summed E-state index contributed by atoms with van der Waals surface area (Å²) in [5.74, 6) is -0.117. The molecule has 5 nitrogen and oxygen atoms in total.